The zero-order valence-corrected chi connectivity index (χ0v) is 15.4. The van der Waals surface area contributed by atoms with Crippen LogP contribution in [-0.4, -0.2) is 54.5 Å². The summed E-state index contributed by atoms with van der Waals surface area (Å²) >= 11 is 0. The summed E-state index contributed by atoms with van der Waals surface area (Å²) in [5.41, 5.74) is 2.06. The minimum atomic E-state index is 0.276. The summed E-state index contributed by atoms with van der Waals surface area (Å²) in [6.07, 6.45) is 4.33. The van der Waals surface area contributed by atoms with E-state index >= 15 is 0 Å². The quantitative estimate of drug-likeness (QED) is 0.710. The van der Waals surface area contributed by atoms with Crippen LogP contribution in [0.3, 0.4) is 0 Å². The average Bonchev–Trinajstić information content (AvgIpc) is 3.04. The molecule has 0 saturated carbocycles. The molecule has 3 rings (SSSR count). The van der Waals surface area contributed by atoms with Gasteiger partial charge in [-0.3, -0.25) is 4.79 Å². The van der Waals surface area contributed by atoms with Crippen molar-refractivity contribution in [3.8, 4) is 0 Å². The number of hydrogen-bond donors (Lipinski definition) is 2. The third-order valence-corrected chi connectivity index (χ3v) is 4.36. The first kappa shape index (κ1) is 18.0. The summed E-state index contributed by atoms with van der Waals surface area (Å²) in [6, 6.07) is 9.94. The van der Waals surface area contributed by atoms with E-state index in [2.05, 4.69) is 37.6 Å². The van der Waals surface area contributed by atoms with Crippen LogP contribution >= 0.6 is 0 Å². The molecular formula is C19H26N6O. The van der Waals surface area contributed by atoms with Gasteiger partial charge in [-0.25, -0.2) is 4.98 Å². The molecule has 2 N–H and O–H groups in total. The van der Waals surface area contributed by atoms with Crippen LogP contribution in [-0.2, 0) is 4.79 Å². The number of aromatic nitrogens is 2. The number of anilines is 4. The van der Waals surface area contributed by atoms with Crippen molar-refractivity contribution in [2.45, 2.75) is 19.3 Å². The van der Waals surface area contributed by atoms with Crippen molar-refractivity contribution >= 4 is 29.0 Å². The fourth-order valence-electron chi connectivity index (χ4n) is 2.94. The van der Waals surface area contributed by atoms with Crippen molar-refractivity contribution in [3.63, 3.8) is 0 Å². The Morgan fingerprint density at radius 2 is 2.15 bits per heavy atom. The van der Waals surface area contributed by atoms with Crippen LogP contribution in [0.1, 0.15) is 19.3 Å². The molecule has 1 amide bonds. The number of hydrogen-bond acceptors (Lipinski definition) is 6. The minimum Gasteiger partial charge on any atom is -0.378 e. The average molecular weight is 354 g/mol. The number of likely N-dealkylation sites (tertiary alicyclic amines) is 1. The van der Waals surface area contributed by atoms with Gasteiger partial charge >= 0.3 is 0 Å². The Bertz CT molecular complexity index is 748. The van der Waals surface area contributed by atoms with Gasteiger partial charge in [0.05, 0.1) is 0 Å². The molecule has 2 heterocycles. The van der Waals surface area contributed by atoms with E-state index in [0.29, 0.717) is 12.4 Å². The Morgan fingerprint density at radius 3 is 2.92 bits per heavy atom. The fraction of sp³-hybridized carbons (Fsp3) is 0.421. The number of nitrogens with one attached hydrogen (secondary N) is 2. The lowest BCUT2D eigenvalue weighted by atomic mass is 10.2. The van der Waals surface area contributed by atoms with Crippen LogP contribution < -0.4 is 15.5 Å². The number of carbonyl (C=O) groups is 1. The highest BCUT2D eigenvalue weighted by molar-refractivity contribution is 5.78. The van der Waals surface area contributed by atoms with Crippen molar-refractivity contribution in [2.75, 3.05) is 49.3 Å². The van der Waals surface area contributed by atoms with Crippen molar-refractivity contribution in [1.82, 2.24) is 14.9 Å². The Balaban J connectivity index is 1.51. The van der Waals surface area contributed by atoms with E-state index in [1.807, 2.05) is 37.2 Å². The first-order valence-corrected chi connectivity index (χ1v) is 9.01. The maximum absolute atomic E-state index is 11.6. The Kier molecular flexibility index (Phi) is 5.88. The molecule has 7 nitrogen and oxygen atoms in total. The van der Waals surface area contributed by atoms with E-state index in [0.717, 1.165) is 49.7 Å². The van der Waals surface area contributed by atoms with E-state index in [-0.39, 0.29) is 5.91 Å². The number of carbonyl (C=O) groups excluding carboxylic acids is 1. The molecule has 1 aromatic heterocycles. The number of nitrogens with zero attached hydrogens (tertiary/aromatic N) is 4. The van der Waals surface area contributed by atoms with Gasteiger partial charge in [-0.15, -0.1) is 0 Å². The van der Waals surface area contributed by atoms with Crippen LogP contribution in [0, 0.1) is 0 Å². The van der Waals surface area contributed by atoms with Crippen molar-refractivity contribution in [2.24, 2.45) is 0 Å². The van der Waals surface area contributed by atoms with Crippen LogP contribution in [0.25, 0.3) is 0 Å². The smallest absolute Gasteiger partial charge is 0.229 e. The zero-order valence-electron chi connectivity index (χ0n) is 15.4. The van der Waals surface area contributed by atoms with E-state index in [4.69, 9.17) is 0 Å². The van der Waals surface area contributed by atoms with Gasteiger partial charge < -0.3 is 20.4 Å². The second-order valence-electron chi connectivity index (χ2n) is 6.60. The number of rotatable bonds is 8. The van der Waals surface area contributed by atoms with Gasteiger partial charge in [0, 0.05) is 57.7 Å². The second-order valence-corrected chi connectivity index (χ2v) is 6.60. The predicted molar refractivity (Wildman–Crippen MR) is 105 cm³/mol. The molecule has 1 aliphatic heterocycles. The Labute approximate surface area is 154 Å². The molecular weight excluding hydrogens is 328 g/mol. The van der Waals surface area contributed by atoms with E-state index in [1.165, 1.54) is 0 Å². The van der Waals surface area contributed by atoms with E-state index < -0.39 is 0 Å². The van der Waals surface area contributed by atoms with Gasteiger partial charge in [0.25, 0.3) is 0 Å². The molecule has 0 radical (unpaired) electrons. The first-order valence-electron chi connectivity index (χ1n) is 9.01. The van der Waals surface area contributed by atoms with Crippen LogP contribution in [0.15, 0.2) is 36.5 Å². The minimum absolute atomic E-state index is 0.276. The molecule has 0 aliphatic carbocycles. The topological polar surface area (TPSA) is 73.4 Å². The largest absolute Gasteiger partial charge is 0.378 e. The lowest BCUT2D eigenvalue weighted by molar-refractivity contribution is -0.127. The molecule has 1 saturated heterocycles. The molecule has 26 heavy (non-hydrogen) atoms. The molecule has 7 heteroatoms. The van der Waals surface area contributed by atoms with Crippen molar-refractivity contribution in [1.29, 1.82) is 0 Å². The highest BCUT2D eigenvalue weighted by Gasteiger charge is 2.18. The molecule has 1 aromatic carbocycles. The summed E-state index contributed by atoms with van der Waals surface area (Å²) in [5, 5.41) is 6.54. The van der Waals surface area contributed by atoms with Crippen molar-refractivity contribution in [3.05, 3.63) is 36.5 Å². The molecule has 2 aromatic rings. The molecule has 0 spiro atoms. The third-order valence-electron chi connectivity index (χ3n) is 4.36. The molecule has 0 bridgehead atoms. The van der Waals surface area contributed by atoms with Gasteiger partial charge in [-0.1, -0.05) is 6.07 Å². The molecule has 1 fully saturated rings. The molecule has 138 valence electrons. The van der Waals surface area contributed by atoms with Gasteiger partial charge in [-0.2, -0.15) is 4.98 Å². The van der Waals surface area contributed by atoms with Gasteiger partial charge in [0.2, 0.25) is 11.9 Å². The summed E-state index contributed by atoms with van der Waals surface area (Å²) in [7, 11) is 4.02. The highest BCUT2D eigenvalue weighted by atomic mass is 16.2. The summed E-state index contributed by atoms with van der Waals surface area (Å²) in [4.78, 5) is 24.4. The van der Waals surface area contributed by atoms with Crippen LogP contribution in [0.5, 0.6) is 0 Å². The maximum atomic E-state index is 11.6. The highest BCUT2D eigenvalue weighted by Crippen LogP contribution is 2.20. The number of benzene rings is 1. The lowest BCUT2D eigenvalue weighted by Gasteiger charge is -2.15. The third kappa shape index (κ3) is 4.84. The Hall–Kier alpha value is -2.83. The van der Waals surface area contributed by atoms with Crippen molar-refractivity contribution < 1.29 is 4.79 Å². The SMILES string of the molecule is CN(C)c1cccc(Nc2nccc(NCCCN3CCCC3=O)n2)c1. The normalized spacial score (nSPS) is 13.8. The predicted octanol–water partition coefficient (Wildman–Crippen LogP) is 2.71. The fourth-order valence-corrected chi connectivity index (χ4v) is 2.94. The monoisotopic (exact) mass is 354 g/mol. The van der Waals surface area contributed by atoms with E-state index in [9.17, 15) is 4.79 Å². The molecule has 0 atom stereocenters. The van der Waals surface area contributed by atoms with Gasteiger partial charge in [-0.05, 0) is 37.1 Å². The Morgan fingerprint density at radius 1 is 1.27 bits per heavy atom. The van der Waals surface area contributed by atoms with Crippen LogP contribution in [0.4, 0.5) is 23.1 Å². The van der Waals surface area contributed by atoms with Gasteiger partial charge in [0.15, 0.2) is 0 Å². The van der Waals surface area contributed by atoms with E-state index in [1.54, 1.807) is 6.20 Å². The maximum Gasteiger partial charge on any atom is 0.229 e. The molecule has 1 aliphatic rings. The second kappa shape index (κ2) is 8.51. The van der Waals surface area contributed by atoms with Gasteiger partial charge in [0.1, 0.15) is 5.82 Å². The van der Waals surface area contributed by atoms with Crippen LogP contribution in [0.2, 0.25) is 0 Å². The summed E-state index contributed by atoms with van der Waals surface area (Å²) < 4.78 is 0. The summed E-state index contributed by atoms with van der Waals surface area (Å²) in [5.74, 6) is 1.61. The summed E-state index contributed by atoms with van der Waals surface area (Å²) in [6.45, 7) is 2.47. The molecule has 0 unspecified atom stereocenters. The number of amides is 1. The zero-order chi connectivity index (χ0) is 18.4. The lowest BCUT2D eigenvalue weighted by Crippen LogP contribution is -2.27. The first-order chi connectivity index (χ1) is 12.6. The standard InChI is InChI=1S/C19H26N6O/c1-24(2)16-7-3-6-15(14-16)22-19-21-11-9-17(23-19)20-10-5-13-25-12-4-8-18(25)26/h3,6-7,9,11,14H,4-5,8,10,12-13H2,1-2H3,(H2,20,21,22,23).